The van der Waals surface area contributed by atoms with Gasteiger partial charge in [-0.05, 0) is 37.1 Å². The Labute approximate surface area is 129 Å². The highest BCUT2D eigenvalue weighted by molar-refractivity contribution is 9.10. The summed E-state index contributed by atoms with van der Waals surface area (Å²) >= 11 is 3.44. The van der Waals surface area contributed by atoms with Gasteiger partial charge in [-0.3, -0.25) is 0 Å². The van der Waals surface area contributed by atoms with Crippen molar-refractivity contribution >= 4 is 26.9 Å². The fraction of sp³-hybridized carbons (Fsp3) is 0.333. The first-order chi connectivity index (χ1) is 10.1. The highest BCUT2D eigenvalue weighted by Gasteiger charge is 2.36. The second kappa shape index (κ2) is 4.68. The van der Waals surface area contributed by atoms with Gasteiger partial charge in [0.25, 0.3) is 5.89 Å². The van der Waals surface area contributed by atoms with E-state index < -0.39 is 5.54 Å². The van der Waals surface area contributed by atoms with Gasteiger partial charge in [0.05, 0.1) is 5.54 Å². The van der Waals surface area contributed by atoms with Crippen molar-refractivity contribution in [1.29, 1.82) is 0 Å². The van der Waals surface area contributed by atoms with Crippen molar-refractivity contribution in [2.75, 3.05) is 0 Å². The predicted octanol–water partition coefficient (Wildman–Crippen LogP) is 3.97. The molecule has 21 heavy (non-hydrogen) atoms. The Balaban J connectivity index is 1.73. The van der Waals surface area contributed by atoms with Crippen molar-refractivity contribution in [2.45, 2.75) is 31.2 Å². The summed E-state index contributed by atoms with van der Waals surface area (Å²) in [6.45, 7) is 0. The van der Waals surface area contributed by atoms with Gasteiger partial charge in [0.2, 0.25) is 0 Å². The molecule has 0 bridgehead atoms. The SMILES string of the molecule is NC1(c2noc(-c3cc4cc(Br)ccc4o3)n2)CCCC1. The van der Waals surface area contributed by atoms with Crippen LogP contribution >= 0.6 is 15.9 Å². The fourth-order valence-electron chi connectivity index (χ4n) is 2.87. The second-order valence-electron chi connectivity index (χ2n) is 5.58. The number of furan rings is 1. The normalized spacial score (nSPS) is 17.6. The van der Waals surface area contributed by atoms with E-state index in [1.807, 2.05) is 24.3 Å². The molecule has 4 rings (SSSR count). The molecule has 0 radical (unpaired) electrons. The Bertz CT molecular complexity index is 802. The number of rotatable bonds is 2. The summed E-state index contributed by atoms with van der Waals surface area (Å²) in [7, 11) is 0. The van der Waals surface area contributed by atoms with Crippen LogP contribution in [0.25, 0.3) is 22.6 Å². The molecule has 0 spiro atoms. The van der Waals surface area contributed by atoms with Crippen LogP contribution < -0.4 is 5.73 Å². The number of aromatic nitrogens is 2. The zero-order valence-electron chi connectivity index (χ0n) is 11.3. The van der Waals surface area contributed by atoms with Gasteiger partial charge in [-0.1, -0.05) is 33.9 Å². The van der Waals surface area contributed by atoms with E-state index in [4.69, 9.17) is 14.7 Å². The number of halogens is 1. The lowest BCUT2D eigenvalue weighted by molar-refractivity contribution is 0.369. The molecule has 0 amide bonds. The Morgan fingerprint density at radius 1 is 1.19 bits per heavy atom. The smallest absolute Gasteiger partial charge is 0.293 e. The first kappa shape index (κ1) is 13.0. The first-order valence-electron chi connectivity index (χ1n) is 6.97. The molecule has 5 nitrogen and oxygen atoms in total. The lowest BCUT2D eigenvalue weighted by Gasteiger charge is -2.17. The average molecular weight is 348 g/mol. The highest BCUT2D eigenvalue weighted by atomic mass is 79.9. The number of fused-ring (bicyclic) bond motifs is 1. The van der Waals surface area contributed by atoms with Crippen LogP contribution in [0.1, 0.15) is 31.5 Å². The molecular formula is C15H14BrN3O2. The Kier molecular flexibility index (Phi) is 2.90. The third-order valence-electron chi connectivity index (χ3n) is 4.06. The molecule has 1 saturated carbocycles. The monoisotopic (exact) mass is 347 g/mol. The molecule has 108 valence electrons. The van der Waals surface area contributed by atoms with Crippen LogP contribution in [0.15, 0.2) is 37.7 Å². The maximum atomic E-state index is 6.34. The van der Waals surface area contributed by atoms with E-state index in [1.54, 1.807) is 0 Å². The van der Waals surface area contributed by atoms with Crippen molar-refractivity contribution < 1.29 is 8.94 Å². The summed E-state index contributed by atoms with van der Waals surface area (Å²) < 4.78 is 12.1. The summed E-state index contributed by atoms with van der Waals surface area (Å²) in [6, 6.07) is 7.72. The molecule has 1 fully saturated rings. The highest BCUT2D eigenvalue weighted by Crippen LogP contribution is 2.36. The third-order valence-corrected chi connectivity index (χ3v) is 4.55. The minimum absolute atomic E-state index is 0.383. The maximum Gasteiger partial charge on any atom is 0.293 e. The molecular weight excluding hydrogens is 334 g/mol. The molecule has 0 saturated heterocycles. The van der Waals surface area contributed by atoms with Gasteiger partial charge >= 0.3 is 0 Å². The van der Waals surface area contributed by atoms with Gasteiger partial charge in [0, 0.05) is 9.86 Å². The first-order valence-corrected chi connectivity index (χ1v) is 7.76. The quantitative estimate of drug-likeness (QED) is 0.758. The van der Waals surface area contributed by atoms with Gasteiger partial charge in [-0.15, -0.1) is 0 Å². The standard InChI is InChI=1S/C15H14BrN3O2/c16-10-3-4-11-9(7-10)8-12(20-11)13-18-14(19-21-13)15(17)5-1-2-6-15/h3-4,7-8H,1-2,5-6,17H2. The van der Waals surface area contributed by atoms with E-state index in [-0.39, 0.29) is 0 Å². The maximum absolute atomic E-state index is 6.34. The molecule has 0 atom stereocenters. The van der Waals surface area contributed by atoms with Crippen LogP contribution in [0, 0.1) is 0 Å². The van der Waals surface area contributed by atoms with Gasteiger partial charge in [-0.25, -0.2) is 0 Å². The Hall–Kier alpha value is -1.66. The number of hydrogen-bond donors (Lipinski definition) is 1. The van der Waals surface area contributed by atoms with E-state index in [0.29, 0.717) is 17.5 Å². The van der Waals surface area contributed by atoms with Gasteiger partial charge in [0.15, 0.2) is 11.6 Å². The van der Waals surface area contributed by atoms with Crippen molar-refractivity contribution in [2.24, 2.45) is 5.73 Å². The second-order valence-corrected chi connectivity index (χ2v) is 6.49. The van der Waals surface area contributed by atoms with E-state index in [0.717, 1.165) is 41.1 Å². The van der Waals surface area contributed by atoms with E-state index in [2.05, 4.69) is 26.1 Å². The van der Waals surface area contributed by atoms with E-state index in [9.17, 15) is 0 Å². The van der Waals surface area contributed by atoms with Crippen LogP contribution in [-0.2, 0) is 5.54 Å². The van der Waals surface area contributed by atoms with Crippen LogP contribution in [0.4, 0.5) is 0 Å². The van der Waals surface area contributed by atoms with Crippen LogP contribution in [-0.4, -0.2) is 10.1 Å². The fourth-order valence-corrected chi connectivity index (χ4v) is 3.25. The summed E-state index contributed by atoms with van der Waals surface area (Å²) in [6.07, 6.45) is 4.02. The molecule has 1 aliphatic carbocycles. The number of nitrogens with zero attached hydrogens (tertiary/aromatic N) is 2. The van der Waals surface area contributed by atoms with Gasteiger partial charge in [0.1, 0.15) is 5.58 Å². The molecule has 0 aliphatic heterocycles. The molecule has 2 heterocycles. The molecule has 3 aromatic rings. The Morgan fingerprint density at radius 3 is 2.81 bits per heavy atom. The topological polar surface area (TPSA) is 78.1 Å². The van der Waals surface area contributed by atoms with E-state index >= 15 is 0 Å². The average Bonchev–Trinajstić information content (AvgIpc) is 3.15. The number of benzene rings is 1. The van der Waals surface area contributed by atoms with Gasteiger partial charge in [-0.2, -0.15) is 4.98 Å². The summed E-state index contributed by atoms with van der Waals surface area (Å²) in [4.78, 5) is 4.44. The van der Waals surface area contributed by atoms with Crippen molar-refractivity contribution in [1.82, 2.24) is 10.1 Å². The minimum atomic E-state index is -0.448. The van der Waals surface area contributed by atoms with Crippen molar-refractivity contribution in [3.05, 3.63) is 34.6 Å². The largest absolute Gasteiger partial charge is 0.451 e. The molecule has 2 N–H and O–H groups in total. The van der Waals surface area contributed by atoms with Crippen molar-refractivity contribution in [3.8, 4) is 11.7 Å². The zero-order chi connectivity index (χ0) is 14.4. The molecule has 0 unspecified atom stereocenters. The summed E-state index contributed by atoms with van der Waals surface area (Å²) in [5, 5.41) is 5.04. The van der Waals surface area contributed by atoms with E-state index in [1.165, 1.54) is 0 Å². The minimum Gasteiger partial charge on any atom is -0.451 e. The Morgan fingerprint density at radius 2 is 2.00 bits per heavy atom. The molecule has 6 heteroatoms. The summed E-state index contributed by atoms with van der Waals surface area (Å²) in [5.41, 5.74) is 6.69. The number of hydrogen-bond acceptors (Lipinski definition) is 5. The zero-order valence-corrected chi connectivity index (χ0v) is 12.9. The number of nitrogens with two attached hydrogens (primary N) is 1. The van der Waals surface area contributed by atoms with Crippen LogP contribution in [0.3, 0.4) is 0 Å². The van der Waals surface area contributed by atoms with Crippen LogP contribution in [0.5, 0.6) is 0 Å². The third kappa shape index (κ3) is 2.18. The summed E-state index contributed by atoms with van der Waals surface area (Å²) in [5.74, 6) is 1.54. The van der Waals surface area contributed by atoms with Gasteiger partial charge < -0.3 is 14.7 Å². The lowest BCUT2D eigenvalue weighted by atomic mass is 9.99. The predicted molar refractivity (Wildman–Crippen MR) is 81.5 cm³/mol. The molecule has 1 aromatic carbocycles. The van der Waals surface area contributed by atoms with Crippen molar-refractivity contribution in [3.63, 3.8) is 0 Å². The lowest BCUT2D eigenvalue weighted by Crippen LogP contribution is -2.34. The molecule has 2 aromatic heterocycles. The molecule has 1 aliphatic rings. The van der Waals surface area contributed by atoms with Crippen LogP contribution in [0.2, 0.25) is 0 Å².